The average molecular weight is 553 g/mol. The van der Waals surface area contributed by atoms with E-state index in [0.29, 0.717) is 30.1 Å². The van der Waals surface area contributed by atoms with Gasteiger partial charge in [0.15, 0.2) is 0 Å². The zero-order valence-corrected chi connectivity index (χ0v) is 21.9. The number of hydrogen-bond acceptors (Lipinski definition) is 4. The quantitative estimate of drug-likeness (QED) is 0.257. The van der Waals surface area contributed by atoms with Gasteiger partial charge < -0.3 is 14.1 Å². The first kappa shape index (κ1) is 28.4. The number of nitrogens with zero attached hydrogens (tertiary/aromatic N) is 1. The van der Waals surface area contributed by atoms with E-state index in [1.807, 2.05) is 55.3 Å². The molecule has 1 N–H and O–H groups in total. The molecule has 4 rings (SSSR count). The summed E-state index contributed by atoms with van der Waals surface area (Å²) in [5.41, 5.74) is 4.19. The molecule has 0 aliphatic rings. The Hall–Kier alpha value is -3.20. The number of aromatic nitrogens is 1. The van der Waals surface area contributed by atoms with E-state index in [-0.39, 0.29) is 28.6 Å². The summed E-state index contributed by atoms with van der Waals surface area (Å²) in [5, 5.41) is 0.185. The lowest BCUT2D eigenvalue weighted by Gasteiger charge is -2.16. The molecule has 37 heavy (non-hydrogen) atoms. The molecule has 2 aromatic carbocycles. The lowest BCUT2D eigenvalue weighted by molar-refractivity contribution is -0.274. The molecule has 5 nitrogen and oxygen atoms in total. The highest BCUT2D eigenvalue weighted by Gasteiger charge is 2.31. The van der Waals surface area contributed by atoms with Crippen LogP contribution in [0, 0.1) is 13.8 Å². The Kier molecular flexibility index (Phi) is 8.79. The van der Waals surface area contributed by atoms with E-state index < -0.39 is 6.36 Å². The number of pyridine rings is 1. The van der Waals surface area contributed by atoms with Crippen molar-refractivity contribution in [3.8, 4) is 28.2 Å². The molecule has 0 saturated heterocycles. The minimum absolute atomic E-state index is 0. The number of furan rings is 1. The summed E-state index contributed by atoms with van der Waals surface area (Å²) in [6, 6.07) is 17.0. The number of rotatable bonds is 7. The maximum atomic E-state index is 12.6. The summed E-state index contributed by atoms with van der Waals surface area (Å²) in [5.74, 6) is 1.18. The molecular weight excluding hydrogens is 528 g/mol. The van der Waals surface area contributed by atoms with Crippen molar-refractivity contribution in [3.63, 3.8) is 0 Å². The number of benzene rings is 2. The zero-order chi connectivity index (χ0) is 26.0. The number of ether oxygens (including phenoxy) is 1. The average Bonchev–Trinajstić information content (AvgIpc) is 3.26. The van der Waals surface area contributed by atoms with Crippen molar-refractivity contribution in [2.75, 3.05) is 7.05 Å². The lowest BCUT2D eigenvalue weighted by Crippen LogP contribution is -2.18. The van der Waals surface area contributed by atoms with Gasteiger partial charge in [-0.3, -0.25) is 9.69 Å². The van der Waals surface area contributed by atoms with Crippen LogP contribution >= 0.6 is 24.0 Å². The predicted molar refractivity (Wildman–Crippen MR) is 140 cm³/mol. The third-order valence-corrected chi connectivity index (χ3v) is 6.12. The van der Waals surface area contributed by atoms with Crippen LogP contribution in [-0.2, 0) is 13.1 Å². The molecule has 0 atom stereocenters. The summed E-state index contributed by atoms with van der Waals surface area (Å²) in [6.07, 6.45) is -4.71. The maximum Gasteiger partial charge on any atom is 0.573 e. The molecule has 2 aromatic heterocycles. The minimum Gasteiger partial charge on any atom is -0.460 e. The molecule has 10 heteroatoms. The van der Waals surface area contributed by atoms with E-state index in [9.17, 15) is 18.0 Å². The fraction of sp³-hybridized carbons (Fsp3) is 0.222. The van der Waals surface area contributed by atoms with Crippen molar-refractivity contribution >= 4 is 24.0 Å². The maximum absolute atomic E-state index is 12.6. The second-order valence-electron chi connectivity index (χ2n) is 8.60. The summed E-state index contributed by atoms with van der Waals surface area (Å²) < 4.78 is 46.9. The molecule has 0 bridgehead atoms. The number of halogens is 5. The van der Waals surface area contributed by atoms with E-state index in [1.54, 1.807) is 19.1 Å². The molecule has 4 aromatic rings. The standard InChI is InChI=1S/C27H24ClF3N2O3.ClH/c1-16-24(26(34)25(28)17(2)32-16)20-8-6-19(7-9-20)23-13-12-22(35-23)15-33(3)14-18-4-10-21(11-5-18)36-27(29,30)31;/h4-13H,14-15H2,1-3H3,(H,32,34);1H. The van der Waals surface area contributed by atoms with Gasteiger partial charge in [0, 0.05) is 29.1 Å². The van der Waals surface area contributed by atoms with Gasteiger partial charge in [-0.2, -0.15) is 0 Å². The summed E-state index contributed by atoms with van der Waals surface area (Å²) >= 11 is 6.15. The van der Waals surface area contributed by atoms with Crippen molar-refractivity contribution in [3.05, 3.63) is 98.6 Å². The molecular formula is C27H25Cl2F3N2O3. The number of nitrogens with one attached hydrogen (secondary N) is 1. The second-order valence-corrected chi connectivity index (χ2v) is 8.98. The van der Waals surface area contributed by atoms with Crippen LogP contribution in [0.5, 0.6) is 5.75 Å². The van der Waals surface area contributed by atoms with Crippen LogP contribution in [0.25, 0.3) is 22.5 Å². The smallest absolute Gasteiger partial charge is 0.460 e. The molecule has 2 heterocycles. The Morgan fingerprint density at radius 3 is 2.16 bits per heavy atom. The first-order valence-electron chi connectivity index (χ1n) is 11.1. The monoisotopic (exact) mass is 552 g/mol. The topological polar surface area (TPSA) is 58.5 Å². The van der Waals surface area contributed by atoms with E-state index in [4.69, 9.17) is 16.0 Å². The van der Waals surface area contributed by atoms with Crippen LogP contribution in [0.3, 0.4) is 0 Å². The Morgan fingerprint density at radius 1 is 0.919 bits per heavy atom. The number of aromatic amines is 1. The molecule has 0 amide bonds. The van der Waals surface area contributed by atoms with E-state index in [0.717, 1.165) is 28.1 Å². The van der Waals surface area contributed by atoms with Crippen molar-refractivity contribution in [1.82, 2.24) is 9.88 Å². The zero-order valence-electron chi connectivity index (χ0n) is 20.3. The van der Waals surface area contributed by atoms with Crippen LogP contribution in [0.2, 0.25) is 5.02 Å². The third-order valence-electron chi connectivity index (χ3n) is 5.66. The van der Waals surface area contributed by atoms with E-state index in [2.05, 4.69) is 9.72 Å². The van der Waals surface area contributed by atoms with Gasteiger partial charge in [0.25, 0.3) is 0 Å². The Labute approximate surface area is 223 Å². The Balaban J connectivity index is 0.00000380. The number of alkyl halides is 3. The van der Waals surface area contributed by atoms with Crippen LogP contribution < -0.4 is 10.2 Å². The first-order valence-corrected chi connectivity index (χ1v) is 11.5. The molecule has 0 unspecified atom stereocenters. The van der Waals surface area contributed by atoms with E-state index >= 15 is 0 Å². The second kappa shape index (κ2) is 11.5. The van der Waals surface area contributed by atoms with E-state index in [1.165, 1.54) is 12.1 Å². The SMILES string of the molecule is Cc1[nH]c(C)c(-c2ccc(-c3ccc(CN(C)Cc4ccc(OC(F)(F)F)cc4)o3)cc2)c(=O)c1Cl.Cl. The van der Waals surface area contributed by atoms with Crippen LogP contribution in [0.15, 0.2) is 69.9 Å². The van der Waals surface area contributed by atoms with Crippen LogP contribution in [0.4, 0.5) is 13.2 Å². The van der Waals surface area contributed by atoms with Gasteiger partial charge in [-0.25, -0.2) is 0 Å². The molecule has 0 aliphatic carbocycles. The summed E-state index contributed by atoms with van der Waals surface area (Å²) in [7, 11) is 1.89. The molecule has 196 valence electrons. The van der Waals surface area contributed by atoms with Gasteiger partial charge in [0.05, 0.1) is 6.54 Å². The number of hydrogen-bond donors (Lipinski definition) is 1. The van der Waals surface area contributed by atoms with Crippen LogP contribution in [-0.4, -0.2) is 23.3 Å². The van der Waals surface area contributed by atoms with Crippen molar-refractivity contribution in [1.29, 1.82) is 0 Å². The van der Waals surface area contributed by atoms with Gasteiger partial charge in [0.2, 0.25) is 5.43 Å². The molecule has 0 saturated carbocycles. The molecule has 0 spiro atoms. The predicted octanol–water partition coefficient (Wildman–Crippen LogP) is 7.52. The fourth-order valence-electron chi connectivity index (χ4n) is 4.05. The number of aryl methyl sites for hydroxylation is 2. The normalized spacial score (nSPS) is 11.5. The van der Waals surface area contributed by atoms with Crippen molar-refractivity contribution in [2.45, 2.75) is 33.3 Å². The van der Waals surface area contributed by atoms with Gasteiger partial charge in [-0.05, 0) is 56.3 Å². The van der Waals surface area contributed by atoms with Gasteiger partial charge in [-0.1, -0.05) is 48.0 Å². The summed E-state index contributed by atoms with van der Waals surface area (Å²) in [4.78, 5) is 17.8. The highest BCUT2D eigenvalue weighted by Crippen LogP contribution is 2.28. The van der Waals surface area contributed by atoms with Gasteiger partial charge >= 0.3 is 6.36 Å². The van der Waals surface area contributed by atoms with Crippen LogP contribution in [0.1, 0.15) is 22.7 Å². The highest BCUT2D eigenvalue weighted by molar-refractivity contribution is 6.31. The fourth-order valence-corrected chi connectivity index (χ4v) is 4.19. The Bertz CT molecular complexity index is 1410. The van der Waals surface area contributed by atoms with Crippen molar-refractivity contribution in [2.24, 2.45) is 0 Å². The third kappa shape index (κ3) is 6.97. The lowest BCUT2D eigenvalue weighted by atomic mass is 10.0. The first-order chi connectivity index (χ1) is 17.0. The van der Waals surface area contributed by atoms with Gasteiger partial charge in [0.1, 0.15) is 22.3 Å². The molecule has 0 aliphatic heterocycles. The minimum atomic E-state index is -4.71. The summed E-state index contributed by atoms with van der Waals surface area (Å²) in [6.45, 7) is 4.63. The largest absolute Gasteiger partial charge is 0.573 e. The Morgan fingerprint density at radius 2 is 1.54 bits per heavy atom. The highest BCUT2D eigenvalue weighted by atomic mass is 35.5. The van der Waals surface area contributed by atoms with Crippen molar-refractivity contribution < 1.29 is 22.3 Å². The number of H-pyrrole nitrogens is 1. The van der Waals surface area contributed by atoms with Gasteiger partial charge in [-0.15, -0.1) is 25.6 Å². The molecule has 0 radical (unpaired) electrons. The molecule has 0 fully saturated rings.